The molecule has 8 aromatic rings. The summed E-state index contributed by atoms with van der Waals surface area (Å²) in [5.74, 6) is -0.501. The molecule has 0 saturated carbocycles. The Hall–Kier alpha value is -6.26. The number of rotatable bonds is 8. The van der Waals surface area contributed by atoms with Crippen molar-refractivity contribution in [3.63, 3.8) is 0 Å². The summed E-state index contributed by atoms with van der Waals surface area (Å²) in [5, 5.41) is 12.6. The molecular formula is C61H67N3O. The van der Waals surface area contributed by atoms with E-state index in [9.17, 15) is 10.6 Å². The van der Waals surface area contributed by atoms with Crippen molar-refractivity contribution >= 4 is 11.0 Å². The highest BCUT2D eigenvalue weighted by molar-refractivity contribution is 5.97. The van der Waals surface area contributed by atoms with Crippen LogP contribution in [0.5, 0.6) is 5.75 Å². The monoisotopic (exact) mass is 867 g/mol. The Bertz CT molecular complexity index is 3490. The molecule has 4 nitrogen and oxygen atoms in total. The van der Waals surface area contributed by atoms with Crippen LogP contribution in [0.15, 0.2) is 133 Å². The first kappa shape index (κ1) is 35.1. The number of aryl methyl sites for hydroxylation is 1. The van der Waals surface area contributed by atoms with Crippen molar-refractivity contribution in [3.8, 4) is 67.5 Å². The standard InChI is InChI=1S/C61H67N3O/c1-37(2)47-22-18-23-48(38(3)4)55(47)42-26-27-53(39(5)30-42)64-54-25-19-24-49(56(54)63-58(64)50-35-46(60(9,10)11)36-51(57(50)65)61(12,13)14)43-31-44(33-45(32-43)59(6,7)8)52-34-41(28-29-62-52)40-20-16-15-17-21-40/h15-38,65H,1-14H3/i5D3,15D,16D,17D,20D,21D,37D. The van der Waals surface area contributed by atoms with Crippen LogP contribution in [-0.2, 0) is 16.2 Å². The van der Waals surface area contributed by atoms with Crippen LogP contribution in [0.2, 0.25) is 0 Å². The zero-order valence-electron chi connectivity index (χ0n) is 49.2. The molecule has 0 unspecified atom stereocenters. The van der Waals surface area contributed by atoms with Gasteiger partial charge in [0.15, 0.2) is 0 Å². The number of phenols is 1. The van der Waals surface area contributed by atoms with Gasteiger partial charge in [0.1, 0.15) is 11.6 Å². The van der Waals surface area contributed by atoms with Crippen molar-refractivity contribution in [2.75, 3.05) is 0 Å². The van der Waals surface area contributed by atoms with E-state index >= 15 is 0 Å². The predicted molar refractivity (Wildman–Crippen MR) is 277 cm³/mol. The highest BCUT2D eigenvalue weighted by atomic mass is 16.3. The topological polar surface area (TPSA) is 50.9 Å². The number of pyridine rings is 1. The fourth-order valence-corrected chi connectivity index (χ4v) is 8.75. The molecule has 0 radical (unpaired) electrons. The summed E-state index contributed by atoms with van der Waals surface area (Å²) < 4.78 is 81.0. The molecule has 2 aromatic heterocycles. The van der Waals surface area contributed by atoms with Crippen LogP contribution in [-0.4, -0.2) is 19.6 Å². The Morgan fingerprint density at radius 2 is 1.31 bits per heavy atom. The Labute approximate surface area is 401 Å². The van der Waals surface area contributed by atoms with Crippen LogP contribution >= 0.6 is 0 Å². The average Bonchev–Trinajstić information content (AvgIpc) is 3.70. The first-order valence-electron chi connectivity index (χ1n) is 27.1. The van der Waals surface area contributed by atoms with Gasteiger partial charge in [0.2, 0.25) is 0 Å². The summed E-state index contributed by atoms with van der Waals surface area (Å²) in [5.41, 5.74) is 10.1. The number of imidazole rings is 1. The van der Waals surface area contributed by atoms with E-state index < -0.39 is 36.3 Å². The van der Waals surface area contributed by atoms with Crippen LogP contribution in [0.1, 0.15) is 148 Å². The van der Waals surface area contributed by atoms with Gasteiger partial charge in [-0.2, -0.15) is 0 Å². The van der Waals surface area contributed by atoms with Gasteiger partial charge in [-0.05, 0) is 139 Å². The number of nitrogens with zero attached hydrogens (tertiary/aromatic N) is 3. The van der Waals surface area contributed by atoms with Crippen LogP contribution in [0.4, 0.5) is 0 Å². The minimum atomic E-state index is -2.63. The average molecular weight is 867 g/mol. The minimum absolute atomic E-state index is 0.0472. The first-order valence-corrected chi connectivity index (χ1v) is 22.6. The normalized spacial score (nSPS) is 14.8. The number of phenolic OH excluding ortho intramolecular Hbond substituents is 1. The lowest BCUT2D eigenvalue weighted by molar-refractivity contribution is 0.446. The van der Waals surface area contributed by atoms with Gasteiger partial charge in [0.05, 0.1) is 34.8 Å². The molecule has 1 N–H and O–H groups in total. The van der Waals surface area contributed by atoms with E-state index in [-0.39, 0.29) is 45.7 Å². The maximum Gasteiger partial charge on any atom is 0.149 e. The smallest absolute Gasteiger partial charge is 0.149 e. The SMILES string of the molecule is [2H]c1c([2H])c([2H])c(-c2ccnc(-c3cc(-c4cccc5c4nc(-c4cc(C(C)(C)C)cc(C(C)(C)C)c4O)n5-c4ccc(-c5c(C(C)C)cccc5C([2H])(C)C)cc4C([2H])([2H])[2H])cc(C(C)(C)C)c3)c2)c([2H])c1[2H]. The molecule has 0 aliphatic rings. The van der Waals surface area contributed by atoms with Crippen molar-refractivity contribution in [2.45, 2.75) is 125 Å². The maximum absolute atomic E-state index is 12.6. The molecule has 0 bridgehead atoms. The first-order chi connectivity index (χ1) is 34.2. The number of hydrogen-bond acceptors (Lipinski definition) is 3. The third-order valence-corrected chi connectivity index (χ3v) is 12.4. The summed E-state index contributed by atoms with van der Waals surface area (Å²) in [6.45, 7) is 24.2. The number of aromatic hydroxyl groups is 1. The molecule has 0 aliphatic carbocycles. The third-order valence-electron chi connectivity index (χ3n) is 12.4. The van der Waals surface area contributed by atoms with Gasteiger partial charge >= 0.3 is 0 Å². The summed E-state index contributed by atoms with van der Waals surface area (Å²) in [4.78, 5) is 10.3. The Morgan fingerprint density at radius 1 is 0.631 bits per heavy atom. The van der Waals surface area contributed by atoms with Gasteiger partial charge in [-0.3, -0.25) is 9.55 Å². The van der Waals surface area contributed by atoms with Gasteiger partial charge in [-0.25, -0.2) is 4.98 Å². The van der Waals surface area contributed by atoms with Gasteiger partial charge in [-0.1, -0.05) is 169 Å². The van der Waals surface area contributed by atoms with Gasteiger partial charge in [0, 0.05) is 28.4 Å². The molecular weight excluding hydrogens is 791 g/mol. The van der Waals surface area contributed by atoms with Gasteiger partial charge in [0.25, 0.3) is 0 Å². The van der Waals surface area contributed by atoms with E-state index in [2.05, 4.69) is 94.4 Å². The van der Waals surface area contributed by atoms with Gasteiger partial charge in [-0.15, -0.1) is 0 Å². The van der Waals surface area contributed by atoms with Crippen LogP contribution < -0.4 is 0 Å². The Kier molecular flexibility index (Phi) is 9.14. The zero-order valence-corrected chi connectivity index (χ0v) is 40.2. The van der Waals surface area contributed by atoms with Crippen molar-refractivity contribution in [2.24, 2.45) is 0 Å². The van der Waals surface area contributed by atoms with E-state index in [1.54, 1.807) is 24.4 Å². The molecule has 2 heterocycles. The van der Waals surface area contributed by atoms with E-state index in [4.69, 9.17) is 16.8 Å². The molecule has 6 aromatic carbocycles. The summed E-state index contributed by atoms with van der Waals surface area (Å²) >= 11 is 0. The van der Waals surface area contributed by atoms with Crippen LogP contribution in [0.3, 0.4) is 0 Å². The predicted octanol–water partition coefficient (Wildman–Crippen LogP) is 16.9. The van der Waals surface area contributed by atoms with Crippen LogP contribution in [0.25, 0.3) is 72.7 Å². The van der Waals surface area contributed by atoms with Crippen molar-refractivity contribution in [3.05, 3.63) is 167 Å². The third kappa shape index (κ3) is 8.80. The molecule has 0 atom stereocenters. The second-order valence-corrected chi connectivity index (χ2v) is 21.0. The molecule has 0 aliphatic heterocycles. The second kappa shape index (κ2) is 16.9. The molecule has 0 saturated heterocycles. The largest absolute Gasteiger partial charge is 0.507 e. The lowest BCUT2D eigenvalue weighted by Crippen LogP contribution is -2.17. The molecule has 65 heavy (non-hydrogen) atoms. The van der Waals surface area contributed by atoms with E-state index in [1.165, 1.54) is 0 Å². The lowest BCUT2D eigenvalue weighted by Gasteiger charge is -2.27. The molecule has 332 valence electrons. The Balaban J connectivity index is 1.47. The lowest BCUT2D eigenvalue weighted by atomic mass is 9.79. The van der Waals surface area contributed by atoms with Crippen molar-refractivity contribution in [1.29, 1.82) is 0 Å². The molecule has 0 spiro atoms. The van der Waals surface area contributed by atoms with E-state index in [0.29, 0.717) is 44.9 Å². The quantitative estimate of drug-likeness (QED) is 0.166. The number of fused-ring (bicyclic) bond motifs is 1. The number of hydrogen-bond donors (Lipinski definition) is 1. The Morgan fingerprint density at radius 3 is 1.97 bits per heavy atom. The fourth-order valence-electron chi connectivity index (χ4n) is 8.75. The molecule has 8 rings (SSSR count). The number of aromatic nitrogens is 3. The summed E-state index contributed by atoms with van der Waals surface area (Å²) in [6.07, 6.45) is 1.58. The molecule has 4 heteroatoms. The number of para-hydroxylation sites is 1. The molecule has 0 amide bonds. The molecule has 0 fully saturated rings. The number of benzene rings is 6. The maximum atomic E-state index is 12.6. The second-order valence-electron chi connectivity index (χ2n) is 21.0. The highest BCUT2D eigenvalue weighted by Gasteiger charge is 2.29. The van der Waals surface area contributed by atoms with E-state index in [1.807, 2.05) is 79.1 Å². The zero-order chi connectivity index (χ0) is 54.5. The van der Waals surface area contributed by atoms with Gasteiger partial charge < -0.3 is 5.11 Å². The highest BCUT2D eigenvalue weighted by Crippen LogP contribution is 2.46. The minimum Gasteiger partial charge on any atom is -0.507 e. The van der Waals surface area contributed by atoms with Crippen LogP contribution in [0, 0.1) is 6.85 Å². The summed E-state index contributed by atoms with van der Waals surface area (Å²) in [6, 6.07) is 29.0. The summed E-state index contributed by atoms with van der Waals surface area (Å²) in [7, 11) is 0. The van der Waals surface area contributed by atoms with Crippen molar-refractivity contribution in [1.82, 2.24) is 14.5 Å². The van der Waals surface area contributed by atoms with E-state index in [0.717, 1.165) is 50.1 Å². The fraction of sp³-hybridized carbons (Fsp3) is 0.311. The van der Waals surface area contributed by atoms with Crippen molar-refractivity contribution < 1.29 is 17.4 Å².